The molecule has 0 unspecified atom stereocenters. The normalized spacial score (nSPS) is 10.4. The first-order valence-electron chi connectivity index (χ1n) is 5.56. The first kappa shape index (κ1) is 13.2. The molecule has 18 heavy (non-hydrogen) atoms. The Bertz CT molecular complexity index is 597. The molecule has 0 spiro atoms. The molecule has 92 valence electrons. The second-order valence-corrected chi connectivity index (χ2v) is 5.39. The fourth-order valence-corrected chi connectivity index (χ4v) is 2.68. The Morgan fingerprint density at radius 2 is 1.67 bits per heavy atom. The zero-order chi connectivity index (χ0) is 13.3. The van der Waals surface area contributed by atoms with Crippen molar-refractivity contribution >= 4 is 28.4 Å². The van der Waals surface area contributed by atoms with Gasteiger partial charge in [-0.15, -0.1) is 0 Å². The average molecular weight is 354 g/mol. The van der Waals surface area contributed by atoms with Gasteiger partial charge in [0.05, 0.1) is 0 Å². The smallest absolute Gasteiger partial charge is 0.194 e. The maximum absolute atomic E-state index is 13.2. The van der Waals surface area contributed by atoms with Crippen molar-refractivity contribution in [3.8, 4) is 0 Å². The Morgan fingerprint density at radius 1 is 1.11 bits per heavy atom. The molecule has 0 heterocycles. The SMILES string of the molecule is Cc1cc(F)cc(C)c1C(=O)c1ccccc1I. The van der Waals surface area contributed by atoms with Gasteiger partial charge in [0.1, 0.15) is 5.82 Å². The molecule has 0 radical (unpaired) electrons. The summed E-state index contributed by atoms with van der Waals surface area (Å²) < 4.78 is 14.1. The first-order valence-corrected chi connectivity index (χ1v) is 6.64. The Kier molecular flexibility index (Phi) is 3.80. The highest BCUT2D eigenvalue weighted by molar-refractivity contribution is 14.1. The fraction of sp³-hybridized carbons (Fsp3) is 0.133. The van der Waals surface area contributed by atoms with Gasteiger partial charge in [0.15, 0.2) is 5.78 Å². The van der Waals surface area contributed by atoms with Crippen molar-refractivity contribution in [3.63, 3.8) is 0 Å². The number of carbonyl (C=O) groups is 1. The zero-order valence-electron chi connectivity index (χ0n) is 10.1. The van der Waals surface area contributed by atoms with Crippen molar-refractivity contribution < 1.29 is 9.18 Å². The number of benzene rings is 2. The van der Waals surface area contributed by atoms with E-state index in [2.05, 4.69) is 22.6 Å². The Morgan fingerprint density at radius 3 is 2.22 bits per heavy atom. The van der Waals surface area contributed by atoms with Crippen LogP contribution in [0, 0.1) is 23.2 Å². The lowest BCUT2D eigenvalue weighted by Crippen LogP contribution is -2.08. The summed E-state index contributed by atoms with van der Waals surface area (Å²) in [6, 6.07) is 10.2. The van der Waals surface area contributed by atoms with Gasteiger partial charge in [0, 0.05) is 14.7 Å². The van der Waals surface area contributed by atoms with Crippen molar-refractivity contribution in [1.82, 2.24) is 0 Å². The molecule has 0 saturated carbocycles. The van der Waals surface area contributed by atoms with E-state index in [9.17, 15) is 9.18 Å². The Balaban J connectivity index is 2.57. The maximum Gasteiger partial charge on any atom is 0.194 e. The van der Waals surface area contributed by atoms with Crippen molar-refractivity contribution in [1.29, 1.82) is 0 Å². The highest BCUT2D eigenvalue weighted by Gasteiger charge is 2.17. The highest BCUT2D eigenvalue weighted by atomic mass is 127. The van der Waals surface area contributed by atoms with E-state index in [0.717, 1.165) is 3.57 Å². The van der Waals surface area contributed by atoms with Gasteiger partial charge in [-0.05, 0) is 71.8 Å². The number of hydrogen-bond acceptors (Lipinski definition) is 1. The van der Waals surface area contributed by atoms with Crippen LogP contribution in [0.4, 0.5) is 4.39 Å². The Hall–Kier alpha value is -1.23. The van der Waals surface area contributed by atoms with E-state index in [-0.39, 0.29) is 11.6 Å². The predicted molar refractivity (Wildman–Crippen MR) is 78.5 cm³/mol. The molecule has 0 aliphatic heterocycles. The van der Waals surface area contributed by atoms with E-state index in [1.807, 2.05) is 18.2 Å². The average Bonchev–Trinajstić information content (AvgIpc) is 2.27. The van der Waals surface area contributed by atoms with Gasteiger partial charge < -0.3 is 0 Å². The largest absolute Gasteiger partial charge is 0.289 e. The molecule has 0 bridgehead atoms. The predicted octanol–water partition coefficient (Wildman–Crippen LogP) is 4.28. The fourth-order valence-electron chi connectivity index (χ4n) is 2.05. The van der Waals surface area contributed by atoms with E-state index < -0.39 is 0 Å². The van der Waals surface area contributed by atoms with Crippen LogP contribution in [0.5, 0.6) is 0 Å². The standard InChI is InChI=1S/C15H12FIO/c1-9-7-11(16)8-10(2)14(9)15(18)12-5-3-4-6-13(12)17/h3-8H,1-2H3. The molecule has 0 aliphatic rings. The van der Waals surface area contributed by atoms with Crippen LogP contribution in [0.1, 0.15) is 27.0 Å². The van der Waals surface area contributed by atoms with Gasteiger partial charge >= 0.3 is 0 Å². The van der Waals surface area contributed by atoms with Gasteiger partial charge in [-0.3, -0.25) is 4.79 Å². The Labute approximate surface area is 119 Å². The molecule has 0 atom stereocenters. The van der Waals surface area contributed by atoms with Gasteiger partial charge in [-0.25, -0.2) is 4.39 Å². The van der Waals surface area contributed by atoms with Gasteiger partial charge in [0.25, 0.3) is 0 Å². The molecule has 0 aromatic heterocycles. The third-order valence-electron chi connectivity index (χ3n) is 2.84. The molecule has 0 aliphatic carbocycles. The van der Waals surface area contributed by atoms with E-state index in [1.54, 1.807) is 19.9 Å². The molecule has 0 fully saturated rings. The van der Waals surface area contributed by atoms with Crippen LogP contribution in [-0.2, 0) is 0 Å². The van der Waals surface area contributed by atoms with E-state index in [4.69, 9.17) is 0 Å². The molecule has 0 saturated heterocycles. The summed E-state index contributed by atoms with van der Waals surface area (Å²) in [7, 11) is 0. The molecule has 3 heteroatoms. The minimum Gasteiger partial charge on any atom is -0.289 e. The van der Waals surface area contributed by atoms with Crippen LogP contribution >= 0.6 is 22.6 Å². The zero-order valence-corrected chi connectivity index (χ0v) is 12.3. The summed E-state index contributed by atoms with van der Waals surface area (Å²) in [6.07, 6.45) is 0. The lowest BCUT2D eigenvalue weighted by Gasteiger charge is -2.10. The third-order valence-corrected chi connectivity index (χ3v) is 3.78. The van der Waals surface area contributed by atoms with Crippen LogP contribution in [0.3, 0.4) is 0 Å². The highest BCUT2D eigenvalue weighted by Crippen LogP contribution is 2.22. The lowest BCUT2D eigenvalue weighted by atomic mass is 9.95. The summed E-state index contributed by atoms with van der Waals surface area (Å²) in [5.74, 6) is -0.348. The molecular weight excluding hydrogens is 342 g/mol. The van der Waals surface area contributed by atoms with Crippen LogP contribution in [0.25, 0.3) is 0 Å². The second-order valence-electron chi connectivity index (χ2n) is 4.22. The van der Waals surface area contributed by atoms with Gasteiger partial charge in [-0.1, -0.05) is 12.1 Å². The first-order chi connectivity index (χ1) is 8.50. The molecule has 2 aromatic carbocycles. The van der Waals surface area contributed by atoms with Crippen LogP contribution in [-0.4, -0.2) is 5.78 Å². The molecule has 0 N–H and O–H groups in total. The summed E-state index contributed by atoms with van der Waals surface area (Å²) >= 11 is 2.14. The number of ketones is 1. The lowest BCUT2D eigenvalue weighted by molar-refractivity contribution is 0.103. The van der Waals surface area contributed by atoms with Crippen molar-refractivity contribution in [2.24, 2.45) is 0 Å². The van der Waals surface area contributed by atoms with E-state index in [0.29, 0.717) is 22.3 Å². The monoisotopic (exact) mass is 354 g/mol. The summed E-state index contributed by atoms with van der Waals surface area (Å²) in [6.45, 7) is 3.53. The van der Waals surface area contributed by atoms with Crippen molar-refractivity contribution in [3.05, 3.63) is 68.0 Å². The summed E-state index contributed by atoms with van der Waals surface area (Å²) in [5.41, 5.74) is 2.62. The number of rotatable bonds is 2. The maximum atomic E-state index is 13.2. The third kappa shape index (κ3) is 2.46. The van der Waals surface area contributed by atoms with Crippen LogP contribution in [0.15, 0.2) is 36.4 Å². The molecule has 0 amide bonds. The van der Waals surface area contributed by atoms with Crippen LogP contribution < -0.4 is 0 Å². The quantitative estimate of drug-likeness (QED) is 0.581. The molecule has 2 aromatic rings. The number of halogens is 2. The van der Waals surface area contributed by atoms with E-state index in [1.165, 1.54) is 12.1 Å². The topological polar surface area (TPSA) is 17.1 Å². The van der Waals surface area contributed by atoms with Crippen LogP contribution in [0.2, 0.25) is 0 Å². The minimum absolute atomic E-state index is 0.0463. The van der Waals surface area contributed by atoms with E-state index >= 15 is 0 Å². The van der Waals surface area contributed by atoms with Gasteiger partial charge in [0.2, 0.25) is 0 Å². The summed E-state index contributed by atoms with van der Waals surface area (Å²) in [4.78, 5) is 12.5. The molecule has 1 nitrogen and oxygen atoms in total. The number of hydrogen-bond donors (Lipinski definition) is 0. The number of aryl methyl sites for hydroxylation is 2. The molecular formula is C15H12FIO. The van der Waals surface area contributed by atoms with Gasteiger partial charge in [-0.2, -0.15) is 0 Å². The van der Waals surface area contributed by atoms with Crippen molar-refractivity contribution in [2.45, 2.75) is 13.8 Å². The minimum atomic E-state index is -0.302. The second kappa shape index (κ2) is 5.18. The molecule has 2 rings (SSSR count). The summed E-state index contributed by atoms with van der Waals surface area (Å²) in [5, 5.41) is 0. The number of carbonyl (C=O) groups excluding carboxylic acids is 1. The van der Waals surface area contributed by atoms with Crippen molar-refractivity contribution in [2.75, 3.05) is 0 Å².